The molecule has 3 heteroatoms. The van der Waals surface area contributed by atoms with Crippen LogP contribution in [0.25, 0.3) is 5.76 Å². The molecule has 3 nitrogen and oxygen atoms in total. The molecule has 1 aliphatic heterocycles. The number of para-hydroxylation sites is 1. The molecule has 0 unspecified atom stereocenters. The molecule has 0 radical (unpaired) electrons. The highest BCUT2D eigenvalue weighted by Gasteiger charge is 2.29. The highest BCUT2D eigenvalue weighted by Crippen LogP contribution is 2.38. The van der Waals surface area contributed by atoms with E-state index in [1.165, 1.54) is 0 Å². The maximum Gasteiger partial charge on any atom is 0.316 e. The molecule has 1 heterocycles. The smallest absolute Gasteiger partial charge is 0.316 e. The summed E-state index contributed by atoms with van der Waals surface area (Å²) in [6.07, 6.45) is 1.59. The van der Waals surface area contributed by atoms with Crippen LogP contribution in [-0.2, 0) is 9.53 Å². The standard InChI is InChI=1S/C20H20O3/c1-20(2,3)19(21)23-18-13-17(14-9-5-4-6-10-14)22-16-12-8-7-11-15(16)18/h4-13,17H,1-3H3/t17-/m0/s1. The molecule has 0 spiro atoms. The molecule has 118 valence electrons. The fourth-order valence-corrected chi connectivity index (χ4v) is 2.32. The third-order valence-electron chi connectivity index (χ3n) is 3.65. The second-order valence-electron chi connectivity index (χ2n) is 6.62. The predicted octanol–water partition coefficient (Wildman–Crippen LogP) is 4.75. The Bertz CT molecular complexity index is 739. The molecular weight excluding hydrogens is 288 g/mol. The number of ether oxygens (including phenoxy) is 2. The van der Waals surface area contributed by atoms with E-state index in [9.17, 15) is 4.79 Å². The van der Waals surface area contributed by atoms with Crippen LogP contribution in [0, 0.1) is 5.41 Å². The highest BCUT2D eigenvalue weighted by atomic mass is 16.5. The van der Waals surface area contributed by atoms with E-state index in [1.807, 2.05) is 81.4 Å². The summed E-state index contributed by atoms with van der Waals surface area (Å²) in [5.41, 5.74) is 1.26. The minimum atomic E-state index is -0.559. The molecule has 2 aromatic rings. The van der Waals surface area contributed by atoms with Gasteiger partial charge in [-0.05, 0) is 38.5 Å². The van der Waals surface area contributed by atoms with E-state index in [0.717, 1.165) is 16.9 Å². The lowest BCUT2D eigenvalue weighted by molar-refractivity contribution is -0.145. The second-order valence-corrected chi connectivity index (χ2v) is 6.62. The van der Waals surface area contributed by atoms with Crippen molar-refractivity contribution < 1.29 is 14.3 Å². The SMILES string of the molecule is CC(C)(C)C(=O)OC1=C[C@@H](c2ccccc2)Oc2ccccc21. The summed E-state index contributed by atoms with van der Waals surface area (Å²) in [4.78, 5) is 12.3. The molecule has 0 bridgehead atoms. The Morgan fingerprint density at radius 3 is 2.35 bits per heavy atom. The molecule has 1 atom stereocenters. The molecule has 0 aliphatic carbocycles. The summed E-state index contributed by atoms with van der Waals surface area (Å²) in [5, 5.41) is 0. The summed E-state index contributed by atoms with van der Waals surface area (Å²) >= 11 is 0. The largest absolute Gasteiger partial charge is 0.481 e. The Hall–Kier alpha value is -2.55. The van der Waals surface area contributed by atoms with Crippen LogP contribution in [0.3, 0.4) is 0 Å². The monoisotopic (exact) mass is 308 g/mol. The molecule has 0 N–H and O–H groups in total. The van der Waals surface area contributed by atoms with Crippen LogP contribution in [0.15, 0.2) is 60.7 Å². The first-order chi connectivity index (χ1) is 10.9. The first-order valence-corrected chi connectivity index (χ1v) is 7.70. The van der Waals surface area contributed by atoms with Crippen molar-refractivity contribution in [3.63, 3.8) is 0 Å². The van der Waals surface area contributed by atoms with Crippen molar-refractivity contribution in [3.05, 3.63) is 71.8 Å². The van der Waals surface area contributed by atoms with Gasteiger partial charge in [0.2, 0.25) is 0 Å². The van der Waals surface area contributed by atoms with Crippen LogP contribution >= 0.6 is 0 Å². The number of hydrogen-bond acceptors (Lipinski definition) is 3. The van der Waals surface area contributed by atoms with E-state index >= 15 is 0 Å². The zero-order valence-electron chi connectivity index (χ0n) is 13.6. The number of benzene rings is 2. The summed E-state index contributed by atoms with van der Waals surface area (Å²) in [6.45, 7) is 5.53. The number of carbonyl (C=O) groups is 1. The van der Waals surface area contributed by atoms with Crippen LogP contribution < -0.4 is 4.74 Å². The summed E-state index contributed by atoms with van der Waals surface area (Å²) in [7, 11) is 0. The number of rotatable bonds is 2. The molecule has 0 aromatic heterocycles. The van der Waals surface area contributed by atoms with E-state index in [-0.39, 0.29) is 12.1 Å². The quantitative estimate of drug-likeness (QED) is 0.751. The van der Waals surface area contributed by atoms with E-state index in [2.05, 4.69) is 0 Å². The normalized spacial score (nSPS) is 16.8. The first kappa shape index (κ1) is 15.3. The lowest BCUT2D eigenvalue weighted by atomic mass is 9.97. The van der Waals surface area contributed by atoms with Crippen molar-refractivity contribution in [2.75, 3.05) is 0 Å². The van der Waals surface area contributed by atoms with Gasteiger partial charge < -0.3 is 9.47 Å². The zero-order chi connectivity index (χ0) is 16.4. The van der Waals surface area contributed by atoms with Crippen molar-refractivity contribution in [2.45, 2.75) is 26.9 Å². The summed E-state index contributed by atoms with van der Waals surface area (Å²) in [6, 6.07) is 17.5. The number of hydrogen-bond donors (Lipinski definition) is 0. The number of fused-ring (bicyclic) bond motifs is 1. The fraction of sp³-hybridized carbons (Fsp3) is 0.250. The Balaban J connectivity index is 1.98. The lowest BCUT2D eigenvalue weighted by Crippen LogP contribution is -2.23. The van der Waals surface area contributed by atoms with Gasteiger partial charge in [0.15, 0.2) is 0 Å². The molecule has 3 rings (SSSR count). The van der Waals surface area contributed by atoms with Gasteiger partial charge in [-0.15, -0.1) is 0 Å². The van der Waals surface area contributed by atoms with Gasteiger partial charge >= 0.3 is 5.97 Å². The van der Waals surface area contributed by atoms with E-state index in [1.54, 1.807) is 0 Å². The van der Waals surface area contributed by atoms with Crippen LogP contribution in [-0.4, -0.2) is 5.97 Å². The lowest BCUT2D eigenvalue weighted by Gasteiger charge is -2.26. The third kappa shape index (κ3) is 3.29. The van der Waals surface area contributed by atoms with Crippen LogP contribution in [0.1, 0.15) is 38.0 Å². The van der Waals surface area contributed by atoms with Gasteiger partial charge in [0.25, 0.3) is 0 Å². The molecule has 0 amide bonds. The fourth-order valence-electron chi connectivity index (χ4n) is 2.32. The molecule has 2 aromatic carbocycles. The van der Waals surface area contributed by atoms with E-state index < -0.39 is 5.41 Å². The van der Waals surface area contributed by atoms with Gasteiger partial charge in [-0.1, -0.05) is 42.5 Å². The van der Waals surface area contributed by atoms with Crippen molar-refractivity contribution in [1.29, 1.82) is 0 Å². The summed E-state index contributed by atoms with van der Waals surface area (Å²) in [5.74, 6) is 1.02. The maximum absolute atomic E-state index is 12.3. The first-order valence-electron chi connectivity index (χ1n) is 7.70. The molecule has 0 saturated heterocycles. The van der Waals surface area contributed by atoms with E-state index in [0.29, 0.717) is 5.76 Å². The number of carbonyl (C=O) groups excluding carboxylic acids is 1. The molecular formula is C20H20O3. The van der Waals surface area contributed by atoms with Crippen LogP contribution in [0.5, 0.6) is 5.75 Å². The van der Waals surface area contributed by atoms with Gasteiger partial charge in [-0.3, -0.25) is 4.79 Å². The van der Waals surface area contributed by atoms with E-state index in [4.69, 9.17) is 9.47 Å². The molecule has 1 aliphatic rings. The van der Waals surface area contributed by atoms with Gasteiger partial charge in [0.1, 0.15) is 17.6 Å². The molecule has 0 fully saturated rings. The van der Waals surface area contributed by atoms with Crippen molar-refractivity contribution in [1.82, 2.24) is 0 Å². The maximum atomic E-state index is 12.3. The van der Waals surface area contributed by atoms with Gasteiger partial charge in [-0.2, -0.15) is 0 Å². The minimum absolute atomic E-state index is 0.257. The average molecular weight is 308 g/mol. The van der Waals surface area contributed by atoms with Crippen LogP contribution in [0.2, 0.25) is 0 Å². The Morgan fingerprint density at radius 1 is 1.00 bits per heavy atom. The van der Waals surface area contributed by atoms with Gasteiger partial charge in [0, 0.05) is 6.08 Å². The Kier molecular flexibility index (Phi) is 3.95. The average Bonchev–Trinajstić information content (AvgIpc) is 2.54. The number of esters is 1. The van der Waals surface area contributed by atoms with Crippen molar-refractivity contribution in [2.24, 2.45) is 5.41 Å². The second kappa shape index (κ2) is 5.92. The van der Waals surface area contributed by atoms with Crippen molar-refractivity contribution in [3.8, 4) is 5.75 Å². The third-order valence-corrected chi connectivity index (χ3v) is 3.65. The van der Waals surface area contributed by atoms with Crippen LogP contribution in [0.4, 0.5) is 0 Å². The molecule has 23 heavy (non-hydrogen) atoms. The highest BCUT2D eigenvalue weighted by molar-refractivity contribution is 5.83. The summed E-state index contributed by atoms with van der Waals surface area (Å²) < 4.78 is 11.7. The van der Waals surface area contributed by atoms with Gasteiger partial charge in [-0.25, -0.2) is 0 Å². The van der Waals surface area contributed by atoms with Gasteiger partial charge in [0.05, 0.1) is 11.0 Å². The Labute approximate surface area is 136 Å². The zero-order valence-corrected chi connectivity index (χ0v) is 13.6. The van der Waals surface area contributed by atoms with Crippen molar-refractivity contribution >= 4 is 11.7 Å². The topological polar surface area (TPSA) is 35.5 Å². The molecule has 0 saturated carbocycles. The Morgan fingerprint density at radius 2 is 1.65 bits per heavy atom. The predicted molar refractivity (Wildman–Crippen MR) is 89.8 cm³/mol. The minimum Gasteiger partial charge on any atom is -0.481 e.